The molecule has 6 heteroatoms. The lowest BCUT2D eigenvalue weighted by Crippen LogP contribution is -2.13. The second kappa shape index (κ2) is 5.54. The predicted molar refractivity (Wildman–Crippen MR) is 72.6 cm³/mol. The highest BCUT2D eigenvalue weighted by Crippen LogP contribution is 2.33. The molecule has 0 amide bonds. The van der Waals surface area contributed by atoms with Gasteiger partial charge in [-0.05, 0) is 19.1 Å². The molecular weight excluding hydrogens is 283 g/mol. The number of hydrogen-bond donors (Lipinski definition) is 1. The van der Waals surface area contributed by atoms with Gasteiger partial charge >= 0.3 is 0 Å². The van der Waals surface area contributed by atoms with Crippen LogP contribution in [0.5, 0.6) is 5.75 Å². The van der Waals surface area contributed by atoms with Gasteiger partial charge < -0.3 is 5.11 Å². The van der Waals surface area contributed by atoms with Gasteiger partial charge in [-0.15, -0.1) is 0 Å². The fourth-order valence-corrected chi connectivity index (χ4v) is 2.07. The van der Waals surface area contributed by atoms with Crippen LogP contribution in [0.15, 0.2) is 24.4 Å². The monoisotopic (exact) mass is 294 g/mol. The van der Waals surface area contributed by atoms with E-state index in [0.717, 1.165) is 0 Å². The van der Waals surface area contributed by atoms with Crippen LogP contribution >= 0.6 is 11.6 Å². The number of carbonyl (C=O) groups excluding carboxylic acids is 1. The zero-order chi connectivity index (χ0) is 14.9. The summed E-state index contributed by atoms with van der Waals surface area (Å²) in [6, 6.07) is 4.29. The minimum absolute atomic E-state index is 0.0901. The van der Waals surface area contributed by atoms with Crippen molar-refractivity contribution in [3.63, 3.8) is 0 Å². The lowest BCUT2D eigenvalue weighted by Gasteiger charge is -2.14. The Bertz CT molecular complexity index is 676. The largest absolute Gasteiger partial charge is 0.504 e. The van der Waals surface area contributed by atoms with Crippen LogP contribution in [0.2, 0.25) is 5.02 Å². The van der Waals surface area contributed by atoms with Gasteiger partial charge in [0.2, 0.25) is 0 Å². The van der Waals surface area contributed by atoms with E-state index in [4.69, 9.17) is 11.6 Å². The van der Waals surface area contributed by atoms with Gasteiger partial charge in [0.25, 0.3) is 0 Å². The summed E-state index contributed by atoms with van der Waals surface area (Å²) >= 11 is 5.62. The van der Waals surface area contributed by atoms with Crippen molar-refractivity contribution in [2.45, 2.75) is 19.8 Å². The Kier molecular flexibility index (Phi) is 3.99. The summed E-state index contributed by atoms with van der Waals surface area (Å²) in [5.41, 5.74) is 0.942. The third-order valence-electron chi connectivity index (χ3n) is 3.13. The first kappa shape index (κ1) is 14.4. The van der Waals surface area contributed by atoms with Gasteiger partial charge in [0.15, 0.2) is 17.3 Å². The summed E-state index contributed by atoms with van der Waals surface area (Å²) < 4.78 is 14.0. The van der Waals surface area contributed by atoms with Crippen LogP contribution < -0.4 is 0 Å². The van der Waals surface area contributed by atoms with Crippen LogP contribution in [0.1, 0.15) is 34.5 Å². The minimum Gasteiger partial charge on any atom is -0.504 e. The molecule has 0 bridgehead atoms. The van der Waals surface area contributed by atoms with Crippen molar-refractivity contribution in [3.05, 3.63) is 52.1 Å². The van der Waals surface area contributed by atoms with Crippen LogP contribution in [0, 0.1) is 12.7 Å². The maximum Gasteiger partial charge on any atom is 0.172 e. The number of phenols is 1. The molecule has 0 saturated heterocycles. The van der Waals surface area contributed by atoms with Crippen molar-refractivity contribution < 1.29 is 14.3 Å². The number of benzene rings is 1. The second-order valence-corrected chi connectivity index (χ2v) is 4.82. The molecule has 0 spiro atoms. The molecule has 4 nitrogen and oxygen atoms in total. The topological polar surface area (TPSA) is 63.1 Å². The van der Waals surface area contributed by atoms with Gasteiger partial charge in [-0.25, -0.2) is 4.39 Å². The Hall–Kier alpha value is -2.01. The van der Waals surface area contributed by atoms with E-state index >= 15 is 0 Å². The number of aromatic nitrogens is 2. The van der Waals surface area contributed by atoms with Crippen molar-refractivity contribution in [2.75, 3.05) is 0 Å². The number of phenolic OH excluding ortho intramolecular Hbond substituents is 1. The van der Waals surface area contributed by atoms with Gasteiger partial charge in [0.1, 0.15) is 0 Å². The number of Topliss-reactive ketones (excluding diaryl/α,β-unsaturated/α-hetero) is 1. The standard InChI is InChI=1S/C14H12ClFN2O2/c1-7(9-3-4-11(15)14(20)12(9)16)13(19)10-5-6-17-18-8(10)2/h3-7,20H,1-2H3. The molecule has 0 radical (unpaired) electrons. The van der Waals surface area contributed by atoms with Crippen molar-refractivity contribution in [1.82, 2.24) is 10.2 Å². The third-order valence-corrected chi connectivity index (χ3v) is 3.43. The maximum absolute atomic E-state index is 14.0. The molecule has 1 heterocycles. The normalized spacial score (nSPS) is 12.2. The van der Waals surface area contributed by atoms with Crippen LogP contribution in [-0.4, -0.2) is 21.1 Å². The number of nitrogens with zero attached hydrogens (tertiary/aromatic N) is 2. The molecule has 20 heavy (non-hydrogen) atoms. The average Bonchev–Trinajstić information content (AvgIpc) is 2.44. The molecule has 0 aliphatic rings. The molecule has 1 aromatic heterocycles. The number of ketones is 1. The molecule has 1 aromatic carbocycles. The minimum atomic E-state index is -0.877. The zero-order valence-corrected chi connectivity index (χ0v) is 11.6. The number of carbonyl (C=O) groups is 1. The van der Waals surface area contributed by atoms with Crippen molar-refractivity contribution in [3.8, 4) is 5.75 Å². The predicted octanol–water partition coefficient (Wildman–Crippen LogP) is 3.27. The Morgan fingerprint density at radius 3 is 2.75 bits per heavy atom. The summed E-state index contributed by atoms with van der Waals surface area (Å²) in [4.78, 5) is 12.4. The molecule has 1 atom stereocenters. The number of aryl methyl sites for hydroxylation is 1. The molecule has 2 aromatic rings. The quantitative estimate of drug-likeness (QED) is 0.883. The van der Waals surface area contributed by atoms with E-state index in [1.54, 1.807) is 13.8 Å². The number of rotatable bonds is 3. The highest BCUT2D eigenvalue weighted by molar-refractivity contribution is 6.32. The summed E-state index contributed by atoms with van der Waals surface area (Å²) in [6.45, 7) is 3.22. The van der Waals surface area contributed by atoms with Crippen molar-refractivity contribution in [2.24, 2.45) is 0 Å². The van der Waals surface area contributed by atoms with Crippen LogP contribution in [0.3, 0.4) is 0 Å². The van der Waals surface area contributed by atoms with E-state index in [9.17, 15) is 14.3 Å². The summed E-state index contributed by atoms with van der Waals surface area (Å²) in [7, 11) is 0. The van der Waals surface area contributed by atoms with Gasteiger partial charge in [-0.2, -0.15) is 10.2 Å². The number of aromatic hydroxyl groups is 1. The van der Waals surface area contributed by atoms with Crippen LogP contribution in [0.4, 0.5) is 4.39 Å². The van der Waals surface area contributed by atoms with E-state index in [1.165, 1.54) is 24.4 Å². The maximum atomic E-state index is 14.0. The van der Waals surface area contributed by atoms with E-state index in [1.807, 2.05) is 0 Å². The summed E-state index contributed by atoms with van der Waals surface area (Å²) in [6.07, 6.45) is 1.41. The average molecular weight is 295 g/mol. The molecular formula is C14H12ClFN2O2. The Balaban J connectivity index is 2.42. The molecule has 1 N–H and O–H groups in total. The van der Waals surface area contributed by atoms with Gasteiger partial charge in [0, 0.05) is 17.0 Å². The Morgan fingerprint density at radius 1 is 1.40 bits per heavy atom. The highest BCUT2D eigenvalue weighted by Gasteiger charge is 2.24. The Labute approximate surface area is 120 Å². The second-order valence-electron chi connectivity index (χ2n) is 4.42. The first-order chi connectivity index (χ1) is 9.43. The summed E-state index contributed by atoms with van der Waals surface area (Å²) in [5.74, 6) is -2.58. The smallest absolute Gasteiger partial charge is 0.172 e. The molecule has 104 valence electrons. The van der Waals surface area contributed by atoms with E-state index in [-0.39, 0.29) is 16.4 Å². The third kappa shape index (κ3) is 2.49. The molecule has 0 saturated carbocycles. The van der Waals surface area contributed by atoms with E-state index in [0.29, 0.717) is 11.3 Å². The van der Waals surface area contributed by atoms with E-state index in [2.05, 4.69) is 10.2 Å². The van der Waals surface area contributed by atoms with Gasteiger partial charge in [0.05, 0.1) is 16.9 Å². The fourth-order valence-electron chi connectivity index (χ4n) is 1.93. The Morgan fingerprint density at radius 2 is 2.10 bits per heavy atom. The first-order valence-electron chi connectivity index (χ1n) is 5.92. The van der Waals surface area contributed by atoms with Crippen LogP contribution in [0.25, 0.3) is 0 Å². The van der Waals surface area contributed by atoms with Gasteiger partial charge in [-0.1, -0.05) is 24.6 Å². The number of halogens is 2. The molecule has 2 rings (SSSR count). The zero-order valence-electron chi connectivity index (χ0n) is 10.9. The van der Waals surface area contributed by atoms with Crippen molar-refractivity contribution >= 4 is 17.4 Å². The SMILES string of the molecule is Cc1nnccc1C(=O)C(C)c1ccc(Cl)c(O)c1F. The van der Waals surface area contributed by atoms with E-state index < -0.39 is 17.5 Å². The van der Waals surface area contributed by atoms with Crippen molar-refractivity contribution in [1.29, 1.82) is 0 Å². The molecule has 0 aliphatic heterocycles. The van der Waals surface area contributed by atoms with Gasteiger partial charge in [-0.3, -0.25) is 4.79 Å². The molecule has 0 aliphatic carbocycles. The lowest BCUT2D eigenvalue weighted by atomic mass is 9.91. The first-order valence-corrected chi connectivity index (χ1v) is 6.30. The summed E-state index contributed by atoms with van der Waals surface area (Å²) in [5, 5.41) is 16.9. The fraction of sp³-hybridized carbons (Fsp3) is 0.214. The van der Waals surface area contributed by atoms with Crippen LogP contribution in [-0.2, 0) is 0 Å². The molecule has 0 fully saturated rings. The number of hydrogen-bond acceptors (Lipinski definition) is 4. The lowest BCUT2D eigenvalue weighted by molar-refractivity contribution is 0.0963. The molecule has 1 unspecified atom stereocenters. The highest BCUT2D eigenvalue weighted by atomic mass is 35.5.